The molecular weight excluding hydrogens is 335 g/mol. The first-order valence-electron chi connectivity index (χ1n) is 7.73. The van der Waals surface area contributed by atoms with Crippen LogP contribution >= 0.6 is 0 Å². The van der Waals surface area contributed by atoms with E-state index in [9.17, 15) is 13.2 Å². The normalized spacial score (nSPS) is 13.4. The molecule has 0 saturated heterocycles. The standard InChI is InChI=1S/C15H18F3N7/c1-9(7-25-12(15(16,17)18)4-10(2)23-25)5-19-14-20-6-11-13(22-14)24(3)8-21-11/h4,6,8-9H,5,7H2,1-3H3,(H,19,20,22). The van der Waals surface area contributed by atoms with Crippen LogP contribution in [0.2, 0.25) is 0 Å². The predicted octanol–water partition coefficient (Wildman–Crippen LogP) is 2.64. The first kappa shape index (κ1) is 17.2. The minimum Gasteiger partial charge on any atom is -0.354 e. The highest BCUT2D eigenvalue weighted by Gasteiger charge is 2.35. The van der Waals surface area contributed by atoms with Crippen molar-refractivity contribution in [3.8, 4) is 0 Å². The van der Waals surface area contributed by atoms with E-state index in [1.54, 1.807) is 24.0 Å². The van der Waals surface area contributed by atoms with Gasteiger partial charge in [0, 0.05) is 20.1 Å². The number of nitrogens with one attached hydrogen (secondary N) is 1. The van der Waals surface area contributed by atoms with Gasteiger partial charge in [-0.15, -0.1) is 0 Å². The van der Waals surface area contributed by atoms with Crippen LogP contribution in [0.3, 0.4) is 0 Å². The molecule has 7 nitrogen and oxygen atoms in total. The molecule has 3 heterocycles. The van der Waals surface area contributed by atoms with Crippen molar-refractivity contribution in [3.63, 3.8) is 0 Å². The third-order valence-corrected chi connectivity index (χ3v) is 3.74. The number of rotatable bonds is 5. The van der Waals surface area contributed by atoms with Crippen LogP contribution < -0.4 is 5.32 Å². The molecule has 1 N–H and O–H groups in total. The number of hydrogen-bond acceptors (Lipinski definition) is 5. The Morgan fingerprint density at radius 3 is 2.76 bits per heavy atom. The number of hydrogen-bond donors (Lipinski definition) is 1. The Hall–Kier alpha value is -2.65. The zero-order valence-electron chi connectivity index (χ0n) is 14.0. The summed E-state index contributed by atoms with van der Waals surface area (Å²) >= 11 is 0. The van der Waals surface area contributed by atoms with E-state index in [1.807, 2.05) is 14.0 Å². The van der Waals surface area contributed by atoms with Gasteiger partial charge in [-0.3, -0.25) is 4.68 Å². The number of anilines is 1. The molecule has 10 heteroatoms. The summed E-state index contributed by atoms with van der Waals surface area (Å²) in [6.45, 7) is 3.95. The van der Waals surface area contributed by atoms with E-state index < -0.39 is 11.9 Å². The molecule has 3 rings (SSSR count). The lowest BCUT2D eigenvalue weighted by atomic mass is 10.2. The summed E-state index contributed by atoms with van der Waals surface area (Å²) in [6.07, 6.45) is -1.17. The zero-order chi connectivity index (χ0) is 18.2. The van der Waals surface area contributed by atoms with Gasteiger partial charge >= 0.3 is 6.18 Å². The lowest BCUT2D eigenvalue weighted by molar-refractivity contribution is -0.144. The van der Waals surface area contributed by atoms with Crippen molar-refractivity contribution < 1.29 is 13.2 Å². The van der Waals surface area contributed by atoms with Crippen molar-refractivity contribution in [2.24, 2.45) is 13.0 Å². The van der Waals surface area contributed by atoms with E-state index in [1.165, 1.54) is 0 Å². The molecule has 0 bridgehead atoms. The summed E-state index contributed by atoms with van der Waals surface area (Å²) in [5.74, 6) is 0.307. The second-order valence-corrected chi connectivity index (χ2v) is 6.09. The SMILES string of the molecule is Cc1cc(C(F)(F)F)n(CC(C)CNc2ncc3ncn(C)c3n2)n1. The Morgan fingerprint density at radius 2 is 2.04 bits per heavy atom. The van der Waals surface area contributed by atoms with Gasteiger partial charge in [0.2, 0.25) is 5.95 Å². The van der Waals surface area contributed by atoms with Gasteiger partial charge < -0.3 is 9.88 Å². The molecule has 0 radical (unpaired) electrons. The van der Waals surface area contributed by atoms with Crippen molar-refractivity contribution in [1.82, 2.24) is 29.3 Å². The van der Waals surface area contributed by atoms with Crippen LogP contribution in [0.1, 0.15) is 18.3 Å². The molecule has 0 aliphatic carbocycles. The van der Waals surface area contributed by atoms with E-state index in [0.29, 0.717) is 29.4 Å². The third kappa shape index (κ3) is 3.72. The van der Waals surface area contributed by atoms with Crippen molar-refractivity contribution in [2.45, 2.75) is 26.6 Å². The number of halogens is 3. The molecule has 0 fully saturated rings. The van der Waals surface area contributed by atoms with Crippen molar-refractivity contribution in [1.29, 1.82) is 0 Å². The maximum atomic E-state index is 13.0. The summed E-state index contributed by atoms with van der Waals surface area (Å²) in [6, 6.07) is 1.06. The van der Waals surface area contributed by atoms with Crippen LogP contribution in [0.5, 0.6) is 0 Å². The van der Waals surface area contributed by atoms with Crippen LogP contribution in [0.25, 0.3) is 11.2 Å². The molecule has 0 aromatic carbocycles. The fourth-order valence-corrected chi connectivity index (χ4v) is 2.54. The largest absolute Gasteiger partial charge is 0.433 e. The molecule has 0 aliphatic rings. The number of aryl methyl sites for hydroxylation is 2. The summed E-state index contributed by atoms with van der Waals surface area (Å²) < 4.78 is 41.8. The van der Waals surface area contributed by atoms with Crippen molar-refractivity contribution in [3.05, 3.63) is 30.0 Å². The lowest BCUT2D eigenvalue weighted by Crippen LogP contribution is -2.22. The van der Waals surface area contributed by atoms with Crippen molar-refractivity contribution in [2.75, 3.05) is 11.9 Å². The predicted molar refractivity (Wildman–Crippen MR) is 85.9 cm³/mol. The van der Waals surface area contributed by atoms with Crippen LogP contribution in [-0.4, -0.2) is 35.8 Å². The van der Waals surface area contributed by atoms with E-state index in [-0.39, 0.29) is 12.5 Å². The first-order chi connectivity index (χ1) is 11.7. The third-order valence-electron chi connectivity index (χ3n) is 3.74. The average Bonchev–Trinajstić information content (AvgIpc) is 3.08. The summed E-state index contributed by atoms with van der Waals surface area (Å²) in [4.78, 5) is 12.6. The maximum absolute atomic E-state index is 13.0. The smallest absolute Gasteiger partial charge is 0.354 e. The van der Waals surface area contributed by atoms with Gasteiger partial charge in [-0.2, -0.15) is 23.3 Å². The molecule has 25 heavy (non-hydrogen) atoms. The molecule has 0 spiro atoms. The van der Waals surface area contributed by atoms with E-state index in [4.69, 9.17) is 0 Å². The molecule has 134 valence electrons. The van der Waals surface area contributed by atoms with Crippen LogP contribution in [0, 0.1) is 12.8 Å². The quantitative estimate of drug-likeness (QED) is 0.763. The van der Waals surface area contributed by atoms with Gasteiger partial charge in [0.15, 0.2) is 5.65 Å². The van der Waals surface area contributed by atoms with Gasteiger partial charge in [0.05, 0.1) is 18.2 Å². The van der Waals surface area contributed by atoms with Gasteiger partial charge in [-0.05, 0) is 18.9 Å². The van der Waals surface area contributed by atoms with Crippen molar-refractivity contribution >= 4 is 17.1 Å². The molecule has 0 aliphatic heterocycles. The number of alkyl halides is 3. The average molecular weight is 353 g/mol. The molecule has 3 aromatic rings. The number of nitrogens with zero attached hydrogens (tertiary/aromatic N) is 6. The number of aromatic nitrogens is 6. The number of fused-ring (bicyclic) bond motifs is 1. The van der Waals surface area contributed by atoms with Gasteiger partial charge in [0.25, 0.3) is 0 Å². The first-order valence-corrected chi connectivity index (χ1v) is 7.73. The van der Waals surface area contributed by atoms with E-state index in [2.05, 4.69) is 25.4 Å². The highest BCUT2D eigenvalue weighted by atomic mass is 19.4. The monoisotopic (exact) mass is 353 g/mol. The molecule has 1 atom stereocenters. The fourth-order valence-electron chi connectivity index (χ4n) is 2.54. The zero-order valence-corrected chi connectivity index (χ0v) is 14.0. The second kappa shape index (κ2) is 6.34. The minimum absolute atomic E-state index is 0.105. The Morgan fingerprint density at radius 1 is 1.28 bits per heavy atom. The van der Waals surface area contributed by atoms with Crippen LogP contribution in [0.4, 0.5) is 19.1 Å². The summed E-state index contributed by atoms with van der Waals surface area (Å²) in [5.41, 5.74) is 0.983. The van der Waals surface area contributed by atoms with E-state index >= 15 is 0 Å². The Labute approximate surface area is 141 Å². The Bertz CT molecular complexity index is 881. The van der Waals surface area contributed by atoms with Gasteiger partial charge in [-0.1, -0.05) is 6.92 Å². The van der Waals surface area contributed by atoms with Crippen LogP contribution in [0.15, 0.2) is 18.6 Å². The fraction of sp³-hybridized carbons (Fsp3) is 0.467. The van der Waals surface area contributed by atoms with Crippen LogP contribution in [-0.2, 0) is 19.8 Å². The molecular formula is C15H18F3N7. The Balaban J connectivity index is 1.66. The summed E-state index contributed by atoms with van der Waals surface area (Å²) in [5, 5.41) is 7.00. The molecule has 0 amide bonds. The highest BCUT2D eigenvalue weighted by molar-refractivity contribution is 5.70. The Kier molecular flexibility index (Phi) is 4.36. The number of imidazole rings is 1. The van der Waals surface area contributed by atoms with E-state index in [0.717, 1.165) is 10.7 Å². The highest BCUT2D eigenvalue weighted by Crippen LogP contribution is 2.30. The summed E-state index contributed by atoms with van der Waals surface area (Å²) in [7, 11) is 1.83. The molecule has 1 unspecified atom stereocenters. The minimum atomic E-state index is -4.41. The lowest BCUT2D eigenvalue weighted by Gasteiger charge is -2.16. The van der Waals surface area contributed by atoms with Gasteiger partial charge in [-0.25, -0.2) is 9.97 Å². The second-order valence-electron chi connectivity index (χ2n) is 6.09. The maximum Gasteiger partial charge on any atom is 0.433 e. The van der Waals surface area contributed by atoms with Gasteiger partial charge in [0.1, 0.15) is 11.2 Å². The molecule has 3 aromatic heterocycles. The topological polar surface area (TPSA) is 73.5 Å². The molecule has 0 saturated carbocycles.